The molecule has 1 aromatic rings. The summed E-state index contributed by atoms with van der Waals surface area (Å²) < 4.78 is 2.18. The minimum absolute atomic E-state index is 0.940. The normalized spacial score (nSPS) is 12.6. The van der Waals surface area contributed by atoms with Gasteiger partial charge in [0, 0.05) is 28.9 Å². The molecule has 0 amide bonds. The molecule has 0 spiro atoms. The fourth-order valence-corrected chi connectivity index (χ4v) is 2.38. The zero-order valence-corrected chi connectivity index (χ0v) is 13.7. The quantitative estimate of drug-likeness (QED) is 0.446. The molecule has 22 heavy (non-hydrogen) atoms. The average Bonchev–Trinajstić information content (AvgIpc) is 2.73. The Balaban J connectivity index is 3.69. The highest BCUT2D eigenvalue weighted by molar-refractivity contribution is 5.81. The molecular weight excluding hydrogens is 268 g/mol. The van der Waals surface area contributed by atoms with Crippen LogP contribution in [0.3, 0.4) is 0 Å². The zero-order chi connectivity index (χ0) is 16.5. The molecular formula is C20H24N2. The molecule has 2 nitrogen and oxygen atoms in total. The Morgan fingerprint density at radius 2 is 1.77 bits per heavy atom. The van der Waals surface area contributed by atoms with Gasteiger partial charge in [-0.3, -0.25) is 4.99 Å². The van der Waals surface area contributed by atoms with Gasteiger partial charge in [-0.15, -0.1) is 0 Å². The van der Waals surface area contributed by atoms with Crippen molar-refractivity contribution in [2.75, 3.05) is 0 Å². The fraction of sp³-hybridized carbons (Fsp3) is 0.150. The number of nitrogens with zero attached hydrogens (tertiary/aromatic N) is 2. The van der Waals surface area contributed by atoms with Crippen molar-refractivity contribution in [1.82, 2.24) is 4.57 Å². The lowest BCUT2D eigenvalue weighted by Gasteiger charge is -2.10. The molecule has 0 aromatic carbocycles. The van der Waals surface area contributed by atoms with Crippen LogP contribution in [0.25, 0.3) is 11.8 Å². The van der Waals surface area contributed by atoms with Gasteiger partial charge in [-0.05, 0) is 32.9 Å². The lowest BCUT2D eigenvalue weighted by atomic mass is 10.2. The summed E-state index contributed by atoms with van der Waals surface area (Å²) in [6.45, 7) is 17.4. The van der Waals surface area contributed by atoms with E-state index in [9.17, 15) is 0 Å². The summed E-state index contributed by atoms with van der Waals surface area (Å²) in [5.41, 5.74) is 5.27. The number of aromatic nitrogens is 1. The lowest BCUT2D eigenvalue weighted by molar-refractivity contribution is 0.997. The molecule has 114 valence electrons. The third kappa shape index (κ3) is 3.73. The van der Waals surface area contributed by atoms with Crippen molar-refractivity contribution in [3.63, 3.8) is 0 Å². The molecule has 0 bridgehead atoms. The van der Waals surface area contributed by atoms with E-state index in [0.717, 1.165) is 28.3 Å². The second-order valence-electron chi connectivity index (χ2n) is 4.70. The van der Waals surface area contributed by atoms with Crippen LogP contribution >= 0.6 is 0 Å². The van der Waals surface area contributed by atoms with Crippen LogP contribution in [-0.2, 0) is 0 Å². The van der Waals surface area contributed by atoms with Crippen LogP contribution in [-0.4, -0.2) is 10.8 Å². The Kier molecular flexibility index (Phi) is 6.84. The van der Waals surface area contributed by atoms with Crippen molar-refractivity contribution >= 4 is 23.7 Å². The lowest BCUT2D eigenvalue weighted by Crippen LogP contribution is -1.99. The molecule has 0 N–H and O–H groups in total. The standard InChI is InChI=1S/C20H24N2/c1-7-11-14-19-16(5)22(18(12-8-2)13-9-3)17(6)20(19)21-15-10-4/h7-15H,1-2,4H2,3,5-6H3/b13-9-,14-11-,18-12+,21-15-. The van der Waals surface area contributed by atoms with Crippen LogP contribution in [0.2, 0.25) is 0 Å². The molecule has 0 aliphatic heterocycles. The van der Waals surface area contributed by atoms with Gasteiger partial charge in [0.1, 0.15) is 0 Å². The van der Waals surface area contributed by atoms with Gasteiger partial charge in [0.2, 0.25) is 0 Å². The third-order valence-corrected chi connectivity index (χ3v) is 3.25. The van der Waals surface area contributed by atoms with E-state index >= 15 is 0 Å². The van der Waals surface area contributed by atoms with Gasteiger partial charge < -0.3 is 4.57 Å². The number of aliphatic imine (C=N–C) groups is 1. The first-order valence-electron chi connectivity index (χ1n) is 7.24. The van der Waals surface area contributed by atoms with Crippen molar-refractivity contribution in [3.8, 4) is 0 Å². The molecule has 0 aliphatic rings. The maximum atomic E-state index is 4.53. The predicted octanol–water partition coefficient (Wildman–Crippen LogP) is 5.80. The van der Waals surface area contributed by atoms with Crippen molar-refractivity contribution in [3.05, 3.63) is 79.2 Å². The fourth-order valence-electron chi connectivity index (χ4n) is 2.38. The monoisotopic (exact) mass is 292 g/mol. The van der Waals surface area contributed by atoms with E-state index in [1.54, 1.807) is 24.4 Å². The first-order valence-corrected chi connectivity index (χ1v) is 7.24. The summed E-state index contributed by atoms with van der Waals surface area (Å²) >= 11 is 0. The van der Waals surface area contributed by atoms with E-state index in [-0.39, 0.29) is 0 Å². The summed E-state index contributed by atoms with van der Waals surface area (Å²) in [7, 11) is 0. The Bertz CT molecular complexity index is 636. The number of rotatable bonds is 7. The first-order chi connectivity index (χ1) is 10.6. The van der Waals surface area contributed by atoms with Crippen molar-refractivity contribution in [2.24, 2.45) is 4.99 Å². The number of hydrogen-bond acceptors (Lipinski definition) is 1. The highest BCUT2D eigenvalue weighted by atomic mass is 15.0. The van der Waals surface area contributed by atoms with Crippen LogP contribution in [0, 0.1) is 13.8 Å². The van der Waals surface area contributed by atoms with Crippen LogP contribution in [0.5, 0.6) is 0 Å². The second kappa shape index (κ2) is 8.63. The maximum absolute atomic E-state index is 4.53. The number of hydrogen-bond donors (Lipinski definition) is 0. The minimum Gasteiger partial charge on any atom is -0.316 e. The molecule has 0 saturated heterocycles. The topological polar surface area (TPSA) is 17.3 Å². The van der Waals surface area contributed by atoms with Crippen molar-refractivity contribution < 1.29 is 0 Å². The second-order valence-corrected chi connectivity index (χ2v) is 4.70. The van der Waals surface area contributed by atoms with E-state index in [1.807, 2.05) is 31.2 Å². The molecule has 0 aliphatic carbocycles. The number of allylic oxidation sites excluding steroid dienone is 8. The summed E-state index contributed by atoms with van der Waals surface area (Å²) in [5, 5.41) is 0. The van der Waals surface area contributed by atoms with E-state index in [1.165, 1.54) is 0 Å². The molecule has 2 heteroatoms. The maximum Gasteiger partial charge on any atom is 0.0914 e. The highest BCUT2D eigenvalue weighted by Gasteiger charge is 2.16. The Morgan fingerprint density at radius 3 is 2.32 bits per heavy atom. The van der Waals surface area contributed by atoms with Crippen molar-refractivity contribution in [2.45, 2.75) is 20.8 Å². The summed E-state index contributed by atoms with van der Waals surface area (Å²) in [4.78, 5) is 4.53. The molecule has 0 fully saturated rings. The summed E-state index contributed by atoms with van der Waals surface area (Å²) in [6.07, 6.45) is 17.0. The van der Waals surface area contributed by atoms with Crippen LogP contribution in [0.15, 0.2) is 67.3 Å². The van der Waals surface area contributed by atoms with Gasteiger partial charge in [-0.2, -0.15) is 0 Å². The van der Waals surface area contributed by atoms with E-state index < -0.39 is 0 Å². The van der Waals surface area contributed by atoms with Crippen LogP contribution < -0.4 is 0 Å². The van der Waals surface area contributed by atoms with Gasteiger partial charge in [0.05, 0.1) is 5.69 Å². The smallest absolute Gasteiger partial charge is 0.0914 e. The van der Waals surface area contributed by atoms with Gasteiger partial charge in [0.25, 0.3) is 0 Å². The van der Waals surface area contributed by atoms with Crippen molar-refractivity contribution in [1.29, 1.82) is 0 Å². The van der Waals surface area contributed by atoms with E-state index in [4.69, 9.17) is 0 Å². The summed E-state index contributed by atoms with van der Waals surface area (Å²) in [6, 6.07) is 0. The van der Waals surface area contributed by atoms with Crippen LogP contribution in [0.1, 0.15) is 23.9 Å². The minimum atomic E-state index is 0.940. The molecule has 1 heterocycles. The van der Waals surface area contributed by atoms with Gasteiger partial charge >= 0.3 is 0 Å². The first kappa shape index (κ1) is 17.4. The Labute approximate surface area is 133 Å². The van der Waals surface area contributed by atoms with E-state index in [2.05, 4.69) is 49.2 Å². The van der Waals surface area contributed by atoms with Gasteiger partial charge in [-0.1, -0.05) is 56.2 Å². The third-order valence-electron chi connectivity index (χ3n) is 3.25. The SMILES string of the molecule is C=C/C=C\c1c(/N=C\C=C)c(C)n(C(/C=C\C)=C/C=C)c1C. The Hall–Kier alpha value is -2.61. The van der Waals surface area contributed by atoms with E-state index in [0.29, 0.717) is 0 Å². The highest BCUT2D eigenvalue weighted by Crippen LogP contribution is 2.34. The zero-order valence-electron chi connectivity index (χ0n) is 13.7. The molecule has 0 atom stereocenters. The largest absolute Gasteiger partial charge is 0.316 e. The molecule has 0 unspecified atom stereocenters. The average molecular weight is 292 g/mol. The molecule has 0 saturated carbocycles. The van der Waals surface area contributed by atoms with Gasteiger partial charge in [-0.25, -0.2) is 0 Å². The van der Waals surface area contributed by atoms with Crippen LogP contribution in [0.4, 0.5) is 5.69 Å². The van der Waals surface area contributed by atoms with Gasteiger partial charge in [0.15, 0.2) is 0 Å². The molecule has 1 rings (SSSR count). The predicted molar refractivity (Wildman–Crippen MR) is 101 cm³/mol. The summed E-state index contributed by atoms with van der Waals surface area (Å²) in [5.74, 6) is 0. The Morgan fingerprint density at radius 1 is 1.05 bits per heavy atom. The molecule has 0 radical (unpaired) electrons. The molecule has 1 aromatic heterocycles.